The standard InChI is InChI=1S/C8H5F2O/c9-8(10)5-11-7-4-2-1-3-6(7)8/h2-4H,5H2. The van der Waals surface area contributed by atoms with Crippen LogP contribution in [0.5, 0.6) is 5.75 Å². The molecule has 0 fully saturated rings. The van der Waals surface area contributed by atoms with E-state index >= 15 is 0 Å². The zero-order valence-corrected chi connectivity index (χ0v) is 5.60. The molecular formula is C8H5F2O. The molecule has 0 atom stereocenters. The molecule has 0 saturated heterocycles. The molecule has 1 heterocycles. The Kier molecular flexibility index (Phi) is 1.16. The van der Waals surface area contributed by atoms with E-state index < -0.39 is 12.5 Å². The van der Waals surface area contributed by atoms with Gasteiger partial charge >= 0.3 is 5.92 Å². The van der Waals surface area contributed by atoms with Gasteiger partial charge in [-0.1, -0.05) is 6.07 Å². The fourth-order valence-corrected chi connectivity index (χ4v) is 1.07. The lowest BCUT2D eigenvalue weighted by Crippen LogP contribution is -2.14. The summed E-state index contributed by atoms with van der Waals surface area (Å²) in [6.07, 6.45) is 0. The van der Waals surface area contributed by atoms with E-state index in [-0.39, 0.29) is 11.3 Å². The molecule has 1 aliphatic rings. The second-order valence-electron chi connectivity index (χ2n) is 2.42. The number of hydrogen-bond donors (Lipinski definition) is 0. The van der Waals surface area contributed by atoms with Crippen LogP contribution >= 0.6 is 0 Å². The molecule has 11 heavy (non-hydrogen) atoms. The minimum Gasteiger partial charge on any atom is -0.486 e. The van der Waals surface area contributed by atoms with Crippen LogP contribution < -0.4 is 4.74 Å². The van der Waals surface area contributed by atoms with Crippen LogP contribution in [-0.2, 0) is 5.92 Å². The predicted molar refractivity (Wildman–Crippen MR) is 34.7 cm³/mol. The quantitative estimate of drug-likeness (QED) is 0.556. The van der Waals surface area contributed by atoms with E-state index in [2.05, 4.69) is 6.07 Å². The van der Waals surface area contributed by atoms with E-state index in [1.807, 2.05) is 0 Å². The summed E-state index contributed by atoms with van der Waals surface area (Å²) in [5.41, 5.74) is -0.0556. The molecule has 0 bridgehead atoms. The van der Waals surface area contributed by atoms with Crippen molar-refractivity contribution in [2.24, 2.45) is 0 Å². The van der Waals surface area contributed by atoms with Gasteiger partial charge in [-0.15, -0.1) is 0 Å². The highest BCUT2D eigenvalue weighted by atomic mass is 19.3. The van der Waals surface area contributed by atoms with Crippen molar-refractivity contribution in [1.29, 1.82) is 0 Å². The van der Waals surface area contributed by atoms with E-state index in [0.717, 1.165) is 0 Å². The molecule has 0 unspecified atom stereocenters. The van der Waals surface area contributed by atoms with Crippen LogP contribution in [0.3, 0.4) is 0 Å². The molecule has 1 aromatic rings. The van der Waals surface area contributed by atoms with E-state index in [9.17, 15) is 8.78 Å². The highest BCUT2D eigenvalue weighted by molar-refractivity contribution is 5.39. The Morgan fingerprint density at radius 3 is 3.09 bits per heavy atom. The van der Waals surface area contributed by atoms with Crippen LogP contribution in [0.25, 0.3) is 0 Å². The topological polar surface area (TPSA) is 9.23 Å². The molecule has 3 heteroatoms. The first-order valence-corrected chi connectivity index (χ1v) is 3.21. The number of rotatable bonds is 0. The first kappa shape index (κ1) is 6.58. The van der Waals surface area contributed by atoms with E-state index in [1.165, 1.54) is 12.1 Å². The minimum absolute atomic E-state index is 0.0556. The van der Waals surface area contributed by atoms with E-state index in [1.54, 1.807) is 6.07 Å². The van der Waals surface area contributed by atoms with Gasteiger partial charge in [0.15, 0.2) is 6.61 Å². The lowest BCUT2D eigenvalue weighted by molar-refractivity contribution is -0.0213. The maximum atomic E-state index is 12.8. The third-order valence-electron chi connectivity index (χ3n) is 1.63. The maximum Gasteiger partial charge on any atom is 0.310 e. The average molecular weight is 155 g/mol. The van der Waals surface area contributed by atoms with Crippen LogP contribution in [-0.4, -0.2) is 6.61 Å². The van der Waals surface area contributed by atoms with Gasteiger partial charge in [-0.2, -0.15) is 8.78 Å². The Morgan fingerprint density at radius 1 is 1.55 bits per heavy atom. The van der Waals surface area contributed by atoms with Gasteiger partial charge in [-0.05, 0) is 18.2 Å². The normalized spacial score (nSPS) is 19.1. The lowest BCUT2D eigenvalue weighted by atomic mass is 10.1. The monoisotopic (exact) mass is 155 g/mol. The summed E-state index contributed by atoms with van der Waals surface area (Å²) in [4.78, 5) is 0. The number of hydrogen-bond acceptors (Lipinski definition) is 1. The number of benzene rings is 1. The van der Waals surface area contributed by atoms with Gasteiger partial charge in [-0.3, -0.25) is 0 Å². The zero-order valence-electron chi connectivity index (χ0n) is 5.60. The predicted octanol–water partition coefficient (Wildman–Crippen LogP) is 1.97. The van der Waals surface area contributed by atoms with Crippen molar-refractivity contribution in [2.45, 2.75) is 5.92 Å². The third kappa shape index (κ3) is 0.878. The van der Waals surface area contributed by atoms with Gasteiger partial charge in [0.05, 0.1) is 5.56 Å². The van der Waals surface area contributed by atoms with Crippen LogP contribution in [0.15, 0.2) is 18.2 Å². The maximum absolute atomic E-state index is 12.8. The smallest absolute Gasteiger partial charge is 0.310 e. The van der Waals surface area contributed by atoms with Crippen LogP contribution in [0.1, 0.15) is 5.56 Å². The molecule has 57 valence electrons. The summed E-state index contributed by atoms with van der Waals surface area (Å²) in [5.74, 6) is -2.55. The number of alkyl halides is 2. The average Bonchev–Trinajstić information content (AvgIpc) is 2.29. The molecule has 0 saturated carbocycles. The molecule has 0 aliphatic carbocycles. The fourth-order valence-electron chi connectivity index (χ4n) is 1.07. The number of ether oxygens (including phenoxy) is 1. The number of halogens is 2. The Hall–Kier alpha value is -1.12. The SMILES string of the molecule is FC1(F)COc2cc[c]cc21. The van der Waals surface area contributed by atoms with E-state index in [0.29, 0.717) is 0 Å². The molecule has 0 amide bonds. The lowest BCUT2D eigenvalue weighted by Gasteiger charge is -2.04. The molecule has 1 nitrogen and oxygen atoms in total. The second kappa shape index (κ2) is 1.94. The van der Waals surface area contributed by atoms with Crippen molar-refractivity contribution in [2.75, 3.05) is 6.61 Å². The van der Waals surface area contributed by atoms with Gasteiger partial charge in [0, 0.05) is 0 Å². The van der Waals surface area contributed by atoms with Gasteiger partial charge in [0.25, 0.3) is 0 Å². The molecular weight excluding hydrogens is 150 g/mol. The Labute approximate surface area is 62.6 Å². The summed E-state index contributed by atoms with van der Waals surface area (Å²) in [5, 5.41) is 0. The van der Waals surface area contributed by atoms with Crippen molar-refractivity contribution in [3.63, 3.8) is 0 Å². The summed E-state index contributed by atoms with van der Waals surface area (Å²) < 4.78 is 30.3. The van der Waals surface area contributed by atoms with Gasteiger partial charge in [-0.25, -0.2) is 0 Å². The first-order valence-electron chi connectivity index (χ1n) is 3.21. The van der Waals surface area contributed by atoms with E-state index in [4.69, 9.17) is 4.74 Å². The molecule has 1 aromatic carbocycles. The van der Waals surface area contributed by atoms with Crippen LogP contribution in [0, 0.1) is 6.07 Å². The summed E-state index contributed by atoms with van der Waals surface area (Å²) in [7, 11) is 0. The van der Waals surface area contributed by atoms with Gasteiger partial charge in [0.2, 0.25) is 0 Å². The highest BCUT2D eigenvalue weighted by Crippen LogP contribution is 2.40. The van der Waals surface area contributed by atoms with Crippen LogP contribution in [0.2, 0.25) is 0 Å². The number of fused-ring (bicyclic) bond motifs is 1. The molecule has 0 N–H and O–H groups in total. The Bertz CT molecular complexity index is 283. The van der Waals surface area contributed by atoms with Crippen molar-refractivity contribution in [3.05, 3.63) is 29.8 Å². The van der Waals surface area contributed by atoms with Crippen molar-refractivity contribution in [1.82, 2.24) is 0 Å². The second-order valence-corrected chi connectivity index (χ2v) is 2.42. The van der Waals surface area contributed by atoms with Crippen molar-refractivity contribution in [3.8, 4) is 5.75 Å². The minimum atomic E-state index is -2.83. The zero-order chi connectivity index (χ0) is 7.90. The molecule has 2 rings (SSSR count). The van der Waals surface area contributed by atoms with Gasteiger partial charge in [0.1, 0.15) is 5.75 Å². The molecule has 1 radical (unpaired) electrons. The van der Waals surface area contributed by atoms with Crippen molar-refractivity contribution < 1.29 is 13.5 Å². The first-order chi connectivity index (χ1) is 5.20. The Balaban J connectivity index is 2.56. The molecule has 0 aromatic heterocycles. The largest absolute Gasteiger partial charge is 0.486 e. The third-order valence-corrected chi connectivity index (χ3v) is 1.63. The summed E-state index contributed by atoms with van der Waals surface area (Å²) >= 11 is 0. The van der Waals surface area contributed by atoms with Crippen LogP contribution in [0.4, 0.5) is 8.78 Å². The summed E-state index contributed by atoms with van der Waals surface area (Å²) in [6.45, 7) is -0.541. The fraction of sp³-hybridized carbons (Fsp3) is 0.250. The molecule has 0 spiro atoms. The van der Waals surface area contributed by atoms with Crippen molar-refractivity contribution >= 4 is 0 Å². The summed E-state index contributed by atoms with van der Waals surface area (Å²) in [6, 6.07) is 6.91. The Morgan fingerprint density at radius 2 is 2.36 bits per heavy atom. The highest BCUT2D eigenvalue weighted by Gasteiger charge is 2.40. The van der Waals surface area contributed by atoms with Gasteiger partial charge < -0.3 is 4.74 Å². The molecule has 1 aliphatic heterocycles.